The average Bonchev–Trinajstić information content (AvgIpc) is 2.63. The van der Waals surface area contributed by atoms with E-state index in [2.05, 4.69) is 0 Å². The summed E-state index contributed by atoms with van der Waals surface area (Å²) in [5, 5.41) is 0. The van der Waals surface area contributed by atoms with Crippen LogP contribution in [-0.4, -0.2) is 43.5 Å². The Labute approximate surface area is 150 Å². The van der Waals surface area contributed by atoms with Crippen LogP contribution in [0.15, 0.2) is 30.3 Å². The third-order valence-corrected chi connectivity index (χ3v) is 6.71. The summed E-state index contributed by atoms with van der Waals surface area (Å²) in [5.41, 5.74) is 0.853. The van der Waals surface area contributed by atoms with Gasteiger partial charge in [0.25, 0.3) is 0 Å². The number of piperidine rings is 1. The summed E-state index contributed by atoms with van der Waals surface area (Å²) in [5.74, 6) is -0.858. The topological polar surface area (TPSA) is 65.1 Å². The lowest BCUT2D eigenvalue weighted by atomic mass is 9.86. The second-order valence-electron chi connectivity index (χ2n) is 5.94. The number of hydrogen-bond acceptors (Lipinski definition) is 5. The molecule has 0 amide bonds. The summed E-state index contributed by atoms with van der Waals surface area (Å²) < 4.78 is 31.3. The minimum atomic E-state index is -3.45. The van der Waals surface area contributed by atoms with Crippen LogP contribution in [0.25, 0.3) is 0 Å². The second-order valence-corrected chi connectivity index (χ2v) is 7.91. The van der Waals surface area contributed by atoms with Gasteiger partial charge in [-0.2, -0.15) is 0 Å². The summed E-state index contributed by atoms with van der Waals surface area (Å²) in [7, 11) is -2.06. The van der Waals surface area contributed by atoms with Crippen LogP contribution in [0.4, 0.5) is 0 Å². The van der Waals surface area contributed by atoms with E-state index in [0.717, 1.165) is 24.8 Å². The van der Waals surface area contributed by atoms with E-state index in [4.69, 9.17) is 13.8 Å². The van der Waals surface area contributed by atoms with Crippen LogP contribution >= 0.6 is 7.75 Å². The van der Waals surface area contributed by atoms with E-state index in [-0.39, 0.29) is 25.2 Å². The van der Waals surface area contributed by atoms with Gasteiger partial charge in [-0.05, 0) is 32.3 Å². The molecule has 0 aromatic heterocycles. The Hall–Kier alpha value is -1.20. The molecule has 0 spiro atoms. The molecular weight excluding hydrogens is 341 g/mol. The van der Waals surface area contributed by atoms with Gasteiger partial charge in [0.1, 0.15) is 0 Å². The van der Waals surface area contributed by atoms with Gasteiger partial charge in [-0.3, -0.25) is 13.8 Å². The normalized spacial score (nSPS) is 20.2. The van der Waals surface area contributed by atoms with Gasteiger partial charge in [0, 0.05) is 12.6 Å². The summed E-state index contributed by atoms with van der Waals surface area (Å²) >= 11 is 0. The fourth-order valence-corrected chi connectivity index (χ4v) is 5.42. The van der Waals surface area contributed by atoms with Gasteiger partial charge in [-0.25, -0.2) is 9.24 Å². The zero-order chi connectivity index (χ0) is 18.3. The molecule has 7 heteroatoms. The van der Waals surface area contributed by atoms with Gasteiger partial charge in [0.15, 0.2) is 0 Å². The Bertz CT molecular complexity index is 584. The molecule has 2 unspecified atom stereocenters. The highest BCUT2D eigenvalue weighted by atomic mass is 31.2. The van der Waals surface area contributed by atoms with Crippen LogP contribution < -0.4 is 0 Å². The summed E-state index contributed by atoms with van der Waals surface area (Å²) in [6.07, 6.45) is 2.59. The molecular formula is C18H28NO5P. The molecule has 0 bridgehead atoms. The monoisotopic (exact) mass is 369 g/mol. The molecule has 1 aromatic rings. The zero-order valence-electron chi connectivity index (χ0n) is 15.2. The summed E-state index contributed by atoms with van der Waals surface area (Å²) in [4.78, 5) is 12.6. The lowest BCUT2D eigenvalue weighted by Gasteiger charge is -2.41. The smallest absolute Gasteiger partial charge is 0.408 e. The van der Waals surface area contributed by atoms with E-state index in [1.165, 1.54) is 7.11 Å². The highest BCUT2D eigenvalue weighted by molar-refractivity contribution is 7.51. The molecule has 0 N–H and O–H groups in total. The van der Waals surface area contributed by atoms with E-state index in [1.54, 1.807) is 18.5 Å². The van der Waals surface area contributed by atoms with Crippen LogP contribution in [-0.2, 0) is 23.1 Å². The number of methoxy groups -OCH3 is 1. The molecule has 1 aromatic carbocycles. The summed E-state index contributed by atoms with van der Waals surface area (Å²) in [6.45, 7) is 4.73. The quantitative estimate of drug-likeness (QED) is 0.510. The first kappa shape index (κ1) is 20.1. The number of carbonyl (C=O) groups is 1. The van der Waals surface area contributed by atoms with E-state index in [0.29, 0.717) is 6.54 Å². The third kappa shape index (κ3) is 4.70. The van der Waals surface area contributed by atoms with Crippen molar-refractivity contribution in [3.63, 3.8) is 0 Å². The van der Waals surface area contributed by atoms with E-state index in [1.807, 2.05) is 30.3 Å². The van der Waals surface area contributed by atoms with Gasteiger partial charge in [0.2, 0.25) is 0 Å². The zero-order valence-corrected chi connectivity index (χ0v) is 16.1. The molecule has 2 atom stereocenters. The molecule has 2 rings (SSSR count). The van der Waals surface area contributed by atoms with Gasteiger partial charge in [-0.15, -0.1) is 0 Å². The number of benzene rings is 1. The van der Waals surface area contributed by atoms with Crippen molar-refractivity contribution >= 4 is 13.7 Å². The molecule has 6 nitrogen and oxygen atoms in total. The molecule has 0 aliphatic carbocycles. The molecule has 0 radical (unpaired) electrons. The van der Waals surface area contributed by atoms with E-state index < -0.39 is 13.7 Å². The maximum Gasteiger partial charge on any atom is 0.408 e. The van der Waals surface area contributed by atoms with Crippen molar-refractivity contribution in [1.82, 2.24) is 4.67 Å². The number of esters is 1. The molecule has 1 fully saturated rings. The predicted molar refractivity (Wildman–Crippen MR) is 96.4 cm³/mol. The first-order valence-electron chi connectivity index (χ1n) is 8.86. The molecule has 140 valence electrons. The van der Waals surface area contributed by atoms with Crippen LogP contribution in [0.5, 0.6) is 0 Å². The lowest BCUT2D eigenvalue weighted by molar-refractivity contribution is -0.144. The van der Waals surface area contributed by atoms with E-state index in [9.17, 15) is 9.36 Å². The largest absolute Gasteiger partial charge is 0.469 e. The first-order chi connectivity index (χ1) is 12.1. The molecule has 25 heavy (non-hydrogen) atoms. The maximum atomic E-state index is 13.4. The highest BCUT2D eigenvalue weighted by Gasteiger charge is 2.45. The Morgan fingerprint density at radius 3 is 2.40 bits per heavy atom. The number of rotatable bonds is 8. The Balaban J connectivity index is 2.42. The first-order valence-corrected chi connectivity index (χ1v) is 10.4. The summed E-state index contributed by atoms with van der Waals surface area (Å²) in [6, 6.07) is 9.21. The van der Waals surface area contributed by atoms with Gasteiger partial charge < -0.3 is 4.74 Å². The predicted octanol–water partition coefficient (Wildman–Crippen LogP) is 3.98. The molecule has 1 aliphatic rings. The van der Waals surface area contributed by atoms with Crippen molar-refractivity contribution in [2.75, 3.05) is 26.9 Å². The van der Waals surface area contributed by atoms with Crippen LogP contribution in [0.1, 0.15) is 44.6 Å². The Morgan fingerprint density at radius 2 is 1.84 bits per heavy atom. The average molecular weight is 369 g/mol. The van der Waals surface area contributed by atoms with Crippen LogP contribution in [0, 0.1) is 0 Å². The van der Waals surface area contributed by atoms with Crippen LogP contribution in [0.3, 0.4) is 0 Å². The maximum absolute atomic E-state index is 13.4. The van der Waals surface area contributed by atoms with Gasteiger partial charge in [0.05, 0.1) is 26.2 Å². The van der Waals surface area contributed by atoms with Crippen LogP contribution in [0.2, 0.25) is 0 Å². The van der Waals surface area contributed by atoms with Crippen molar-refractivity contribution < 1.29 is 23.1 Å². The fourth-order valence-electron chi connectivity index (χ4n) is 3.40. The standard InChI is InChI=1S/C18H28NO5P/c1-4-23-25(21,24-5-2)19-14-10-9-13-16(19)17(18(20)22-3)15-11-7-6-8-12-15/h6-8,11-12,16-17H,4-5,9-10,13-14H2,1-3H3. The molecule has 1 heterocycles. The molecule has 0 saturated carbocycles. The van der Waals surface area contributed by atoms with Crippen molar-refractivity contribution in [3.8, 4) is 0 Å². The van der Waals surface area contributed by atoms with Crippen molar-refractivity contribution in [3.05, 3.63) is 35.9 Å². The van der Waals surface area contributed by atoms with E-state index >= 15 is 0 Å². The van der Waals surface area contributed by atoms with Gasteiger partial charge in [-0.1, -0.05) is 36.8 Å². The Morgan fingerprint density at radius 1 is 1.20 bits per heavy atom. The lowest BCUT2D eigenvalue weighted by Crippen LogP contribution is -2.44. The third-order valence-electron chi connectivity index (χ3n) is 4.42. The Kier molecular flexibility index (Phi) is 7.63. The van der Waals surface area contributed by atoms with Crippen molar-refractivity contribution in [2.45, 2.75) is 45.1 Å². The molecule has 1 aliphatic heterocycles. The fraction of sp³-hybridized carbons (Fsp3) is 0.611. The second kappa shape index (κ2) is 9.48. The number of carbonyl (C=O) groups excluding carboxylic acids is 1. The highest BCUT2D eigenvalue weighted by Crippen LogP contribution is 2.56. The number of nitrogens with zero attached hydrogens (tertiary/aromatic N) is 1. The van der Waals surface area contributed by atoms with Crippen molar-refractivity contribution in [2.24, 2.45) is 0 Å². The number of ether oxygens (including phenoxy) is 1. The number of hydrogen-bond donors (Lipinski definition) is 0. The van der Waals surface area contributed by atoms with Gasteiger partial charge >= 0.3 is 13.7 Å². The minimum Gasteiger partial charge on any atom is -0.469 e. The minimum absolute atomic E-state index is 0.285. The molecule has 1 saturated heterocycles. The SMILES string of the molecule is CCOP(=O)(OCC)N1CCCCC1C(C(=O)OC)c1ccccc1. The van der Waals surface area contributed by atoms with Crippen molar-refractivity contribution in [1.29, 1.82) is 0 Å².